The van der Waals surface area contributed by atoms with Crippen LogP contribution >= 0.6 is 34.8 Å². The number of nitrogens with one attached hydrogen (secondary N) is 1. The van der Waals surface area contributed by atoms with Gasteiger partial charge in [-0.05, 0) is 30.3 Å². The quantitative estimate of drug-likeness (QED) is 0.714. The molecule has 0 atom stereocenters. The van der Waals surface area contributed by atoms with Gasteiger partial charge in [0, 0.05) is 10.7 Å². The zero-order valence-corrected chi connectivity index (χ0v) is 12.2. The summed E-state index contributed by atoms with van der Waals surface area (Å²) in [5.41, 5.74) is 6.46. The van der Waals surface area contributed by atoms with Crippen molar-refractivity contribution >= 4 is 57.8 Å². The third-order valence-corrected chi connectivity index (χ3v) is 3.39. The van der Waals surface area contributed by atoms with Crippen LogP contribution in [0, 0.1) is 0 Å². The number of carbonyl (C=O) groups is 1. The molecule has 0 aromatic heterocycles. The average molecular weight is 332 g/mol. The van der Waals surface area contributed by atoms with E-state index in [0.29, 0.717) is 15.7 Å². The van der Waals surface area contributed by atoms with E-state index < -0.39 is 5.97 Å². The second-order valence-electron chi connectivity index (χ2n) is 3.98. The molecule has 2 aromatic carbocycles. The van der Waals surface area contributed by atoms with E-state index in [1.54, 1.807) is 18.2 Å². The first-order chi connectivity index (χ1) is 9.38. The summed E-state index contributed by atoms with van der Waals surface area (Å²) in [7, 11) is 0. The Morgan fingerprint density at radius 3 is 2.45 bits per heavy atom. The van der Waals surface area contributed by atoms with Gasteiger partial charge in [0.05, 0.1) is 27.0 Å². The largest absolute Gasteiger partial charge is 0.478 e. The van der Waals surface area contributed by atoms with Crippen LogP contribution in [-0.2, 0) is 0 Å². The molecule has 4 nitrogen and oxygen atoms in total. The van der Waals surface area contributed by atoms with Crippen LogP contribution in [0.1, 0.15) is 10.4 Å². The topological polar surface area (TPSA) is 75.3 Å². The monoisotopic (exact) mass is 330 g/mol. The van der Waals surface area contributed by atoms with Gasteiger partial charge in [-0.3, -0.25) is 0 Å². The minimum absolute atomic E-state index is 0.0500. The summed E-state index contributed by atoms with van der Waals surface area (Å²) in [6.07, 6.45) is 0. The van der Waals surface area contributed by atoms with Crippen molar-refractivity contribution in [2.45, 2.75) is 0 Å². The van der Waals surface area contributed by atoms with Gasteiger partial charge in [0.25, 0.3) is 0 Å². The lowest BCUT2D eigenvalue weighted by Crippen LogP contribution is -2.05. The van der Waals surface area contributed by atoms with E-state index in [2.05, 4.69) is 5.32 Å². The number of hydrogen-bond acceptors (Lipinski definition) is 3. The van der Waals surface area contributed by atoms with Gasteiger partial charge < -0.3 is 16.2 Å². The average Bonchev–Trinajstić information content (AvgIpc) is 2.36. The lowest BCUT2D eigenvalue weighted by molar-refractivity contribution is 0.0698. The predicted molar refractivity (Wildman–Crippen MR) is 82.6 cm³/mol. The highest BCUT2D eigenvalue weighted by Crippen LogP contribution is 2.35. The number of halogens is 3. The van der Waals surface area contributed by atoms with Crippen molar-refractivity contribution in [2.75, 3.05) is 11.1 Å². The van der Waals surface area contributed by atoms with Gasteiger partial charge in [0.1, 0.15) is 0 Å². The van der Waals surface area contributed by atoms with Gasteiger partial charge in [-0.25, -0.2) is 4.79 Å². The summed E-state index contributed by atoms with van der Waals surface area (Å²) in [5, 5.41) is 13.1. The molecule has 0 unspecified atom stereocenters. The highest BCUT2D eigenvalue weighted by molar-refractivity contribution is 6.36. The normalized spacial score (nSPS) is 10.3. The van der Waals surface area contributed by atoms with Crippen LogP contribution in [0.3, 0.4) is 0 Å². The fourth-order valence-corrected chi connectivity index (χ4v) is 2.26. The van der Waals surface area contributed by atoms with Crippen LogP contribution in [0.2, 0.25) is 15.1 Å². The summed E-state index contributed by atoms with van der Waals surface area (Å²) >= 11 is 17.9. The molecule has 0 heterocycles. The Labute approximate surface area is 130 Å². The molecule has 0 amide bonds. The molecule has 2 rings (SSSR count). The van der Waals surface area contributed by atoms with E-state index in [1.165, 1.54) is 12.1 Å². The van der Waals surface area contributed by atoms with Gasteiger partial charge in [-0.15, -0.1) is 0 Å². The van der Waals surface area contributed by atoms with Crippen molar-refractivity contribution in [3.63, 3.8) is 0 Å². The second kappa shape index (κ2) is 5.79. The molecule has 0 spiro atoms. The molecule has 0 fully saturated rings. The lowest BCUT2D eigenvalue weighted by Gasteiger charge is -2.14. The molecule has 0 aliphatic heterocycles. The molecule has 0 radical (unpaired) electrons. The SMILES string of the molecule is Nc1cc(Cl)c(Nc2cc(Cl)ccc2Cl)c(C(=O)O)c1. The molecule has 7 heteroatoms. The summed E-state index contributed by atoms with van der Waals surface area (Å²) in [5.74, 6) is -1.15. The van der Waals surface area contributed by atoms with Crippen molar-refractivity contribution in [1.82, 2.24) is 0 Å². The van der Waals surface area contributed by atoms with Gasteiger partial charge in [-0.1, -0.05) is 34.8 Å². The molecule has 4 N–H and O–H groups in total. The molecule has 20 heavy (non-hydrogen) atoms. The predicted octanol–water partition coefficient (Wildman–Crippen LogP) is 4.67. The van der Waals surface area contributed by atoms with Crippen molar-refractivity contribution in [3.8, 4) is 0 Å². The molecule has 0 bridgehead atoms. The molecule has 0 aliphatic carbocycles. The fraction of sp³-hybridized carbons (Fsp3) is 0. The lowest BCUT2D eigenvalue weighted by atomic mass is 10.1. The Morgan fingerprint density at radius 2 is 1.80 bits per heavy atom. The molecular weight excluding hydrogens is 323 g/mol. The zero-order valence-electron chi connectivity index (χ0n) is 9.95. The Morgan fingerprint density at radius 1 is 1.10 bits per heavy atom. The number of aromatic carboxylic acids is 1. The maximum Gasteiger partial charge on any atom is 0.337 e. The van der Waals surface area contributed by atoms with E-state index in [9.17, 15) is 9.90 Å². The molecule has 0 aliphatic rings. The Balaban J connectivity index is 2.53. The third kappa shape index (κ3) is 3.10. The first-order valence-corrected chi connectivity index (χ1v) is 6.56. The van der Waals surface area contributed by atoms with Gasteiger partial charge >= 0.3 is 5.97 Å². The maximum atomic E-state index is 11.3. The highest BCUT2D eigenvalue weighted by Gasteiger charge is 2.16. The third-order valence-electron chi connectivity index (χ3n) is 2.53. The molecule has 2 aromatic rings. The molecule has 0 saturated carbocycles. The minimum Gasteiger partial charge on any atom is -0.478 e. The van der Waals surface area contributed by atoms with Crippen LogP contribution < -0.4 is 11.1 Å². The zero-order chi connectivity index (χ0) is 14.9. The Bertz CT molecular complexity index is 690. The number of carboxylic acid groups (broad SMARTS) is 1. The van der Waals surface area contributed by atoms with Gasteiger partial charge in [-0.2, -0.15) is 0 Å². The van der Waals surface area contributed by atoms with Crippen LogP contribution in [0.4, 0.5) is 17.1 Å². The summed E-state index contributed by atoms with van der Waals surface area (Å²) in [6, 6.07) is 7.56. The van der Waals surface area contributed by atoms with Crippen molar-refractivity contribution in [3.05, 3.63) is 51.0 Å². The standard InChI is InChI=1S/C13H9Cl3N2O2/c14-6-1-2-9(15)11(3-6)18-12-8(13(19)20)4-7(17)5-10(12)16/h1-5,18H,17H2,(H,19,20). The number of nitrogens with two attached hydrogens (primary N) is 1. The van der Waals surface area contributed by atoms with Gasteiger partial charge in [0.15, 0.2) is 0 Å². The summed E-state index contributed by atoms with van der Waals surface area (Å²) in [6.45, 7) is 0. The number of anilines is 3. The Hall–Kier alpha value is -1.62. The van der Waals surface area contributed by atoms with Crippen LogP contribution in [0.15, 0.2) is 30.3 Å². The van der Waals surface area contributed by atoms with Crippen LogP contribution in [-0.4, -0.2) is 11.1 Å². The van der Waals surface area contributed by atoms with E-state index in [0.717, 1.165) is 0 Å². The number of benzene rings is 2. The molecule has 0 saturated heterocycles. The Kier molecular flexibility index (Phi) is 4.28. The van der Waals surface area contributed by atoms with E-state index >= 15 is 0 Å². The van der Waals surface area contributed by atoms with Crippen molar-refractivity contribution < 1.29 is 9.90 Å². The number of carboxylic acids is 1. The van der Waals surface area contributed by atoms with Crippen LogP contribution in [0.5, 0.6) is 0 Å². The number of rotatable bonds is 3. The van der Waals surface area contributed by atoms with E-state index in [4.69, 9.17) is 40.5 Å². The minimum atomic E-state index is -1.15. The maximum absolute atomic E-state index is 11.3. The first-order valence-electron chi connectivity index (χ1n) is 5.43. The van der Waals surface area contributed by atoms with Crippen molar-refractivity contribution in [1.29, 1.82) is 0 Å². The van der Waals surface area contributed by atoms with Gasteiger partial charge in [0.2, 0.25) is 0 Å². The summed E-state index contributed by atoms with van der Waals surface area (Å²) < 4.78 is 0. The first kappa shape index (κ1) is 14.8. The smallest absolute Gasteiger partial charge is 0.337 e. The van der Waals surface area contributed by atoms with Crippen molar-refractivity contribution in [2.24, 2.45) is 0 Å². The van der Waals surface area contributed by atoms with E-state index in [-0.39, 0.29) is 22.0 Å². The van der Waals surface area contributed by atoms with Crippen LogP contribution in [0.25, 0.3) is 0 Å². The number of nitrogen functional groups attached to an aromatic ring is 1. The fourth-order valence-electron chi connectivity index (χ4n) is 1.65. The summed E-state index contributed by atoms with van der Waals surface area (Å²) in [4.78, 5) is 11.3. The number of hydrogen-bond donors (Lipinski definition) is 3. The molecular formula is C13H9Cl3N2O2. The van der Waals surface area contributed by atoms with E-state index in [1.807, 2.05) is 0 Å². The highest BCUT2D eigenvalue weighted by atomic mass is 35.5. The molecule has 104 valence electrons. The second-order valence-corrected chi connectivity index (χ2v) is 5.23.